The molecule has 3 rings (SSSR count). The highest BCUT2D eigenvalue weighted by Crippen LogP contribution is 2.30. The molecule has 2 heterocycles. The number of piperidine rings is 1. The minimum absolute atomic E-state index is 0.0570. The monoisotopic (exact) mass is 408 g/mol. The summed E-state index contributed by atoms with van der Waals surface area (Å²) >= 11 is 0. The van der Waals surface area contributed by atoms with E-state index >= 15 is 0 Å². The predicted molar refractivity (Wildman–Crippen MR) is 122 cm³/mol. The van der Waals surface area contributed by atoms with E-state index in [1.807, 2.05) is 12.1 Å². The van der Waals surface area contributed by atoms with Crippen molar-refractivity contribution in [2.45, 2.75) is 57.4 Å². The lowest BCUT2D eigenvalue weighted by molar-refractivity contribution is -0.124. The van der Waals surface area contributed by atoms with Crippen LogP contribution in [0.4, 0.5) is 0 Å². The lowest BCUT2D eigenvalue weighted by Crippen LogP contribution is -2.54. The van der Waals surface area contributed by atoms with Crippen LogP contribution in [0.3, 0.4) is 0 Å². The quantitative estimate of drug-likeness (QED) is 0.626. The Morgan fingerprint density at radius 1 is 1.07 bits per heavy atom. The normalized spacial score (nSPS) is 17.4. The van der Waals surface area contributed by atoms with E-state index in [0.29, 0.717) is 12.3 Å². The first-order chi connectivity index (χ1) is 14.3. The number of hydrogen-bond donors (Lipinski definition) is 3. The molecule has 162 valence electrons. The largest absolute Gasteiger partial charge is 0.368 e. The van der Waals surface area contributed by atoms with Gasteiger partial charge < -0.3 is 11.1 Å². The second-order valence-electron chi connectivity index (χ2n) is 9.54. The highest BCUT2D eigenvalue weighted by atomic mass is 16.1. The van der Waals surface area contributed by atoms with Crippen molar-refractivity contribution in [1.29, 1.82) is 0 Å². The van der Waals surface area contributed by atoms with Crippen molar-refractivity contribution in [3.05, 3.63) is 65.5 Å². The first-order valence-electron chi connectivity index (χ1n) is 11.1. The van der Waals surface area contributed by atoms with Crippen molar-refractivity contribution in [1.82, 2.24) is 15.6 Å². The molecule has 1 aromatic heterocycles. The van der Waals surface area contributed by atoms with Crippen LogP contribution in [0.15, 0.2) is 48.8 Å². The van der Waals surface area contributed by atoms with E-state index in [0.717, 1.165) is 37.2 Å². The number of aromatic nitrogens is 1. The Kier molecular flexibility index (Phi) is 7.27. The highest BCUT2D eigenvalue weighted by molar-refractivity contribution is 5.86. The molecule has 1 atom stereocenters. The molecule has 0 bridgehead atoms. The minimum Gasteiger partial charge on any atom is -0.368 e. The molecule has 2 aromatic rings. The van der Waals surface area contributed by atoms with E-state index in [-0.39, 0.29) is 11.3 Å². The minimum atomic E-state index is -0.940. The second-order valence-corrected chi connectivity index (χ2v) is 9.54. The molecule has 1 amide bonds. The maximum atomic E-state index is 12.9. The third kappa shape index (κ3) is 5.46. The zero-order chi connectivity index (χ0) is 21.6. The number of pyridine rings is 1. The summed E-state index contributed by atoms with van der Waals surface area (Å²) in [6.07, 6.45) is 7.46. The third-order valence-electron chi connectivity index (χ3n) is 6.32. The van der Waals surface area contributed by atoms with Gasteiger partial charge in [0.05, 0.1) is 0 Å². The number of carbonyl (C=O) groups is 1. The fraction of sp³-hybridized carbons (Fsp3) is 0.520. The molecule has 1 saturated heterocycles. The number of rotatable bonds is 8. The van der Waals surface area contributed by atoms with Gasteiger partial charge in [-0.05, 0) is 79.1 Å². The third-order valence-corrected chi connectivity index (χ3v) is 6.32. The first kappa shape index (κ1) is 22.4. The molecule has 1 aliphatic heterocycles. The molecule has 0 spiro atoms. The van der Waals surface area contributed by atoms with E-state index < -0.39 is 5.54 Å². The second kappa shape index (κ2) is 9.71. The molecule has 30 heavy (non-hydrogen) atoms. The van der Waals surface area contributed by atoms with E-state index in [4.69, 9.17) is 5.73 Å². The van der Waals surface area contributed by atoms with Gasteiger partial charge >= 0.3 is 0 Å². The fourth-order valence-corrected chi connectivity index (χ4v) is 4.30. The molecule has 1 aromatic carbocycles. The number of primary amides is 1. The highest BCUT2D eigenvalue weighted by Gasteiger charge is 2.38. The first-order valence-corrected chi connectivity index (χ1v) is 11.1. The standard InChI is InChI=1S/C25H36N4O/c1-24(2,3)21-4-6-22(7-5-21)25(23(26)30,18-20-10-15-28-16-11-20)29-17-12-19-8-13-27-14-9-19/h4-7,10-11,15-16,19,27,29H,8-9,12-14,17-18H2,1-3H3,(H2,26,30). The van der Waals surface area contributed by atoms with Gasteiger partial charge in [0.15, 0.2) is 0 Å². The van der Waals surface area contributed by atoms with Crippen LogP contribution in [0.5, 0.6) is 0 Å². The number of benzene rings is 1. The Labute approximate surface area is 180 Å². The summed E-state index contributed by atoms with van der Waals surface area (Å²) in [5.74, 6) is 0.349. The Hall–Kier alpha value is -2.24. The summed E-state index contributed by atoms with van der Waals surface area (Å²) in [5.41, 5.74) is 8.39. The molecule has 0 aliphatic carbocycles. The zero-order valence-electron chi connectivity index (χ0n) is 18.6. The smallest absolute Gasteiger partial charge is 0.242 e. The van der Waals surface area contributed by atoms with Crippen LogP contribution in [0.2, 0.25) is 0 Å². The molecular formula is C25H36N4O. The Balaban J connectivity index is 1.88. The Morgan fingerprint density at radius 3 is 2.23 bits per heavy atom. The Bertz CT molecular complexity index is 807. The van der Waals surface area contributed by atoms with Crippen LogP contribution >= 0.6 is 0 Å². The van der Waals surface area contributed by atoms with Crippen molar-refractivity contribution in [2.75, 3.05) is 19.6 Å². The molecule has 1 fully saturated rings. The van der Waals surface area contributed by atoms with Crippen LogP contribution < -0.4 is 16.4 Å². The van der Waals surface area contributed by atoms with Gasteiger partial charge in [0.1, 0.15) is 5.54 Å². The van der Waals surface area contributed by atoms with Crippen LogP contribution in [0.25, 0.3) is 0 Å². The summed E-state index contributed by atoms with van der Waals surface area (Å²) in [7, 11) is 0. The molecule has 5 heteroatoms. The van der Waals surface area contributed by atoms with Gasteiger partial charge in [0.25, 0.3) is 0 Å². The topological polar surface area (TPSA) is 80.0 Å². The summed E-state index contributed by atoms with van der Waals surface area (Å²) in [5, 5.41) is 7.00. The van der Waals surface area contributed by atoms with Crippen molar-refractivity contribution < 1.29 is 4.79 Å². The van der Waals surface area contributed by atoms with Crippen LogP contribution in [0.1, 0.15) is 56.7 Å². The van der Waals surface area contributed by atoms with Crippen molar-refractivity contribution in [3.8, 4) is 0 Å². The summed E-state index contributed by atoms with van der Waals surface area (Å²) < 4.78 is 0. The summed E-state index contributed by atoms with van der Waals surface area (Å²) in [6.45, 7) is 9.50. The average Bonchev–Trinajstić information content (AvgIpc) is 2.74. The van der Waals surface area contributed by atoms with Gasteiger partial charge in [0.2, 0.25) is 5.91 Å². The summed E-state index contributed by atoms with van der Waals surface area (Å²) in [6, 6.07) is 12.3. The molecule has 1 unspecified atom stereocenters. The average molecular weight is 409 g/mol. The fourth-order valence-electron chi connectivity index (χ4n) is 4.30. The van der Waals surface area contributed by atoms with E-state index in [2.05, 4.69) is 60.7 Å². The van der Waals surface area contributed by atoms with Gasteiger partial charge in [0, 0.05) is 18.8 Å². The van der Waals surface area contributed by atoms with Crippen LogP contribution in [-0.4, -0.2) is 30.5 Å². The molecule has 0 radical (unpaired) electrons. The molecule has 4 N–H and O–H groups in total. The van der Waals surface area contributed by atoms with Gasteiger partial charge in [-0.3, -0.25) is 15.1 Å². The number of amides is 1. The molecule has 5 nitrogen and oxygen atoms in total. The van der Waals surface area contributed by atoms with Crippen molar-refractivity contribution in [3.63, 3.8) is 0 Å². The predicted octanol–water partition coefficient (Wildman–Crippen LogP) is 3.28. The van der Waals surface area contributed by atoms with Gasteiger partial charge in [-0.15, -0.1) is 0 Å². The van der Waals surface area contributed by atoms with Crippen molar-refractivity contribution in [2.24, 2.45) is 11.7 Å². The maximum absolute atomic E-state index is 12.9. The lowest BCUT2D eigenvalue weighted by Gasteiger charge is -2.34. The van der Waals surface area contributed by atoms with Crippen LogP contribution in [0, 0.1) is 5.92 Å². The molecule has 0 saturated carbocycles. The van der Waals surface area contributed by atoms with Gasteiger partial charge in [-0.1, -0.05) is 45.0 Å². The van der Waals surface area contributed by atoms with Crippen LogP contribution in [-0.2, 0) is 22.2 Å². The molecule has 1 aliphatic rings. The maximum Gasteiger partial charge on any atom is 0.242 e. The SMILES string of the molecule is CC(C)(C)c1ccc(C(Cc2ccncc2)(NCCC2CCNCC2)C(N)=O)cc1. The number of nitrogens with one attached hydrogen (secondary N) is 2. The number of hydrogen-bond acceptors (Lipinski definition) is 4. The van der Waals surface area contributed by atoms with Gasteiger partial charge in [-0.2, -0.15) is 0 Å². The lowest BCUT2D eigenvalue weighted by atomic mass is 9.80. The van der Waals surface area contributed by atoms with E-state index in [1.54, 1.807) is 12.4 Å². The molecular weight excluding hydrogens is 372 g/mol. The number of nitrogens with two attached hydrogens (primary N) is 1. The number of nitrogens with zero attached hydrogens (tertiary/aromatic N) is 1. The Morgan fingerprint density at radius 2 is 1.67 bits per heavy atom. The summed E-state index contributed by atoms with van der Waals surface area (Å²) in [4.78, 5) is 17.0. The van der Waals surface area contributed by atoms with E-state index in [1.165, 1.54) is 18.4 Å². The number of carbonyl (C=O) groups excluding carboxylic acids is 1. The van der Waals surface area contributed by atoms with Crippen molar-refractivity contribution >= 4 is 5.91 Å². The van der Waals surface area contributed by atoms with E-state index in [9.17, 15) is 4.79 Å². The van der Waals surface area contributed by atoms with Gasteiger partial charge in [-0.25, -0.2) is 0 Å². The zero-order valence-corrected chi connectivity index (χ0v) is 18.6.